The van der Waals surface area contributed by atoms with Crippen molar-refractivity contribution in [1.82, 2.24) is 15.1 Å². The van der Waals surface area contributed by atoms with Crippen molar-refractivity contribution >= 4 is 17.6 Å². The Bertz CT molecular complexity index is 825. The summed E-state index contributed by atoms with van der Waals surface area (Å²) < 4.78 is 1.92. The SMILES string of the molecule is C=CC(=O)NCCC(=O)Nc1c(C)cnn1C1CCCc2ccccc21. The van der Waals surface area contributed by atoms with Crippen LogP contribution in [0.25, 0.3) is 0 Å². The normalized spacial score (nSPS) is 15.8. The topological polar surface area (TPSA) is 76.0 Å². The van der Waals surface area contributed by atoms with E-state index in [9.17, 15) is 9.59 Å². The second kappa shape index (κ2) is 7.99. The first-order valence-electron chi connectivity index (χ1n) is 8.92. The number of carbonyl (C=O) groups excluding carboxylic acids is 2. The minimum absolute atomic E-state index is 0.129. The number of aryl methyl sites for hydroxylation is 2. The lowest BCUT2D eigenvalue weighted by Crippen LogP contribution is -2.27. The number of nitrogens with zero attached hydrogens (tertiary/aromatic N) is 2. The monoisotopic (exact) mass is 352 g/mol. The lowest BCUT2D eigenvalue weighted by molar-refractivity contribution is -0.117. The third-order valence-corrected chi connectivity index (χ3v) is 4.71. The lowest BCUT2D eigenvalue weighted by atomic mass is 9.88. The summed E-state index contributed by atoms with van der Waals surface area (Å²) in [5.74, 6) is 0.299. The molecule has 0 fully saturated rings. The standard InChI is InChI=1S/C20H24N4O2/c1-3-18(25)21-12-11-19(26)23-20-14(2)13-22-24(20)17-10-6-8-15-7-4-5-9-16(15)17/h3-5,7,9,13,17H,1,6,8,10-12H2,2H3,(H,21,25)(H,23,26). The van der Waals surface area contributed by atoms with Crippen LogP contribution in [-0.2, 0) is 16.0 Å². The Hall–Kier alpha value is -2.89. The van der Waals surface area contributed by atoms with Gasteiger partial charge in [0.15, 0.2) is 0 Å². The molecule has 26 heavy (non-hydrogen) atoms. The number of hydrogen-bond donors (Lipinski definition) is 2. The van der Waals surface area contributed by atoms with Gasteiger partial charge in [-0.15, -0.1) is 0 Å². The smallest absolute Gasteiger partial charge is 0.243 e. The molecular weight excluding hydrogens is 328 g/mol. The van der Waals surface area contributed by atoms with Gasteiger partial charge in [-0.25, -0.2) is 4.68 Å². The molecule has 1 aliphatic carbocycles. The summed E-state index contributed by atoms with van der Waals surface area (Å²) >= 11 is 0. The largest absolute Gasteiger partial charge is 0.352 e. The fourth-order valence-corrected chi connectivity index (χ4v) is 3.39. The van der Waals surface area contributed by atoms with Crippen LogP contribution in [0.2, 0.25) is 0 Å². The molecule has 0 spiro atoms. The number of nitrogens with one attached hydrogen (secondary N) is 2. The van der Waals surface area contributed by atoms with E-state index in [1.165, 1.54) is 17.2 Å². The highest BCUT2D eigenvalue weighted by Gasteiger charge is 2.25. The fraction of sp³-hybridized carbons (Fsp3) is 0.350. The molecule has 2 aromatic rings. The van der Waals surface area contributed by atoms with Crippen molar-refractivity contribution in [2.75, 3.05) is 11.9 Å². The second-order valence-corrected chi connectivity index (χ2v) is 6.52. The molecule has 2 N–H and O–H groups in total. The minimum atomic E-state index is -0.280. The number of carbonyl (C=O) groups is 2. The predicted octanol–water partition coefficient (Wildman–Crippen LogP) is 2.75. The molecule has 0 saturated heterocycles. The van der Waals surface area contributed by atoms with Crippen molar-refractivity contribution in [2.45, 2.75) is 38.6 Å². The summed E-state index contributed by atoms with van der Waals surface area (Å²) in [6, 6.07) is 8.55. The molecule has 0 radical (unpaired) electrons. The van der Waals surface area contributed by atoms with Crippen molar-refractivity contribution in [3.63, 3.8) is 0 Å². The molecule has 1 unspecified atom stereocenters. The maximum absolute atomic E-state index is 12.3. The summed E-state index contributed by atoms with van der Waals surface area (Å²) in [5, 5.41) is 10.1. The lowest BCUT2D eigenvalue weighted by Gasteiger charge is -2.27. The molecule has 6 heteroatoms. The van der Waals surface area contributed by atoms with Crippen LogP contribution >= 0.6 is 0 Å². The molecule has 0 aliphatic heterocycles. The van der Waals surface area contributed by atoms with Crippen LogP contribution in [0.3, 0.4) is 0 Å². The highest BCUT2D eigenvalue weighted by atomic mass is 16.2. The first-order valence-corrected chi connectivity index (χ1v) is 8.92. The molecular formula is C20H24N4O2. The van der Waals surface area contributed by atoms with Crippen molar-refractivity contribution in [2.24, 2.45) is 0 Å². The van der Waals surface area contributed by atoms with Gasteiger partial charge < -0.3 is 10.6 Å². The van der Waals surface area contributed by atoms with Crippen molar-refractivity contribution < 1.29 is 9.59 Å². The molecule has 0 saturated carbocycles. The minimum Gasteiger partial charge on any atom is -0.352 e. The Balaban J connectivity index is 1.75. The fourth-order valence-electron chi connectivity index (χ4n) is 3.39. The number of anilines is 1. The highest BCUT2D eigenvalue weighted by molar-refractivity contribution is 5.91. The van der Waals surface area contributed by atoms with Gasteiger partial charge in [-0.05, 0) is 43.4 Å². The number of benzene rings is 1. The summed E-state index contributed by atoms with van der Waals surface area (Å²) in [5.41, 5.74) is 3.55. The molecule has 2 amide bonds. The third-order valence-electron chi connectivity index (χ3n) is 4.71. The van der Waals surface area contributed by atoms with Gasteiger partial charge in [0.05, 0.1) is 12.2 Å². The number of rotatable bonds is 6. The van der Waals surface area contributed by atoms with Gasteiger partial charge in [0.1, 0.15) is 5.82 Å². The molecule has 3 rings (SSSR count). The Labute approximate surface area is 153 Å². The van der Waals surface area contributed by atoms with Crippen LogP contribution < -0.4 is 10.6 Å². The van der Waals surface area contributed by atoms with E-state index < -0.39 is 0 Å². The molecule has 1 atom stereocenters. The summed E-state index contributed by atoms with van der Waals surface area (Å²) in [4.78, 5) is 23.5. The van der Waals surface area contributed by atoms with Crippen LogP contribution in [0.4, 0.5) is 5.82 Å². The zero-order valence-corrected chi connectivity index (χ0v) is 15.0. The molecule has 1 aromatic heterocycles. The van der Waals surface area contributed by atoms with Crippen LogP contribution in [0.15, 0.2) is 43.1 Å². The van der Waals surface area contributed by atoms with Gasteiger partial charge in [-0.3, -0.25) is 9.59 Å². The van der Waals surface area contributed by atoms with E-state index in [1.54, 1.807) is 6.20 Å². The Morgan fingerprint density at radius 1 is 1.38 bits per heavy atom. The first kappa shape index (κ1) is 17.9. The highest BCUT2D eigenvalue weighted by Crippen LogP contribution is 2.35. The van der Waals surface area contributed by atoms with E-state index >= 15 is 0 Å². The second-order valence-electron chi connectivity index (χ2n) is 6.52. The average molecular weight is 352 g/mol. The van der Waals surface area contributed by atoms with Crippen LogP contribution in [0, 0.1) is 6.92 Å². The number of fused-ring (bicyclic) bond motifs is 1. The molecule has 6 nitrogen and oxygen atoms in total. The van der Waals surface area contributed by atoms with Crippen LogP contribution in [-0.4, -0.2) is 28.1 Å². The Kier molecular flexibility index (Phi) is 5.51. The molecule has 1 heterocycles. The van der Waals surface area contributed by atoms with E-state index in [0.29, 0.717) is 0 Å². The summed E-state index contributed by atoms with van der Waals surface area (Å²) in [6.45, 7) is 5.60. The van der Waals surface area contributed by atoms with E-state index in [2.05, 4.69) is 40.5 Å². The average Bonchev–Trinajstić information content (AvgIpc) is 3.01. The predicted molar refractivity (Wildman–Crippen MR) is 101 cm³/mol. The summed E-state index contributed by atoms with van der Waals surface area (Å²) in [7, 11) is 0. The van der Waals surface area contributed by atoms with Crippen LogP contribution in [0.1, 0.15) is 42.0 Å². The van der Waals surface area contributed by atoms with Gasteiger partial charge >= 0.3 is 0 Å². The van der Waals surface area contributed by atoms with Crippen molar-refractivity contribution in [3.8, 4) is 0 Å². The maximum atomic E-state index is 12.3. The maximum Gasteiger partial charge on any atom is 0.243 e. The molecule has 1 aromatic carbocycles. The Morgan fingerprint density at radius 3 is 3.00 bits per heavy atom. The van der Waals surface area contributed by atoms with E-state index in [4.69, 9.17) is 0 Å². The quantitative estimate of drug-likeness (QED) is 0.785. The number of aromatic nitrogens is 2. The van der Waals surface area contributed by atoms with E-state index in [1.807, 2.05) is 17.7 Å². The van der Waals surface area contributed by atoms with E-state index in [0.717, 1.165) is 30.6 Å². The zero-order chi connectivity index (χ0) is 18.5. The molecule has 136 valence electrons. The molecule has 1 aliphatic rings. The van der Waals surface area contributed by atoms with E-state index in [-0.39, 0.29) is 30.8 Å². The summed E-state index contributed by atoms with van der Waals surface area (Å²) in [6.07, 6.45) is 6.35. The van der Waals surface area contributed by atoms with Gasteiger partial charge in [0.2, 0.25) is 11.8 Å². The van der Waals surface area contributed by atoms with Gasteiger partial charge in [-0.2, -0.15) is 5.10 Å². The Morgan fingerprint density at radius 2 is 2.19 bits per heavy atom. The van der Waals surface area contributed by atoms with Gasteiger partial charge in [0, 0.05) is 18.5 Å². The first-order chi connectivity index (χ1) is 12.6. The van der Waals surface area contributed by atoms with Crippen molar-refractivity contribution in [3.05, 3.63) is 59.8 Å². The van der Waals surface area contributed by atoms with Gasteiger partial charge in [-0.1, -0.05) is 30.8 Å². The van der Waals surface area contributed by atoms with Crippen LogP contribution in [0.5, 0.6) is 0 Å². The third kappa shape index (κ3) is 3.85. The molecule has 0 bridgehead atoms. The number of hydrogen-bond acceptors (Lipinski definition) is 3. The number of amides is 2. The van der Waals surface area contributed by atoms with Crippen molar-refractivity contribution in [1.29, 1.82) is 0 Å². The van der Waals surface area contributed by atoms with Gasteiger partial charge in [0.25, 0.3) is 0 Å². The zero-order valence-electron chi connectivity index (χ0n) is 15.0.